The summed E-state index contributed by atoms with van der Waals surface area (Å²) >= 11 is 0. The van der Waals surface area contributed by atoms with Crippen molar-refractivity contribution in [2.24, 2.45) is 10.4 Å². The Morgan fingerprint density at radius 2 is 2.00 bits per heavy atom. The molecule has 0 bridgehead atoms. The molecule has 2 aromatic heterocycles. The van der Waals surface area contributed by atoms with Crippen molar-refractivity contribution in [1.29, 1.82) is 0 Å². The Labute approximate surface area is 169 Å². The van der Waals surface area contributed by atoms with Crippen molar-refractivity contribution in [3.8, 4) is 11.3 Å². The first-order chi connectivity index (χ1) is 13.8. The number of hydrogen-bond acceptors (Lipinski definition) is 7. The lowest BCUT2D eigenvalue weighted by Gasteiger charge is -2.13. The number of hydrogen-bond donors (Lipinski definition) is 1. The van der Waals surface area contributed by atoms with Crippen LogP contribution in [0.4, 0.5) is 17.3 Å². The van der Waals surface area contributed by atoms with E-state index in [0.717, 1.165) is 22.5 Å². The van der Waals surface area contributed by atoms with Gasteiger partial charge in [-0.3, -0.25) is 9.78 Å². The highest BCUT2D eigenvalue weighted by Crippen LogP contribution is 2.25. The molecule has 3 aromatic rings. The number of carbonyl (C=O) groups excluding carboxylic acids is 1. The molecule has 0 fully saturated rings. The van der Waals surface area contributed by atoms with Gasteiger partial charge in [-0.05, 0) is 63.6 Å². The van der Waals surface area contributed by atoms with Gasteiger partial charge in [-0.25, -0.2) is 15.0 Å². The van der Waals surface area contributed by atoms with E-state index in [1.165, 1.54) is 6.40 Å². The van der Waals surface area contributed by atoms with Crippen molar-refractivity contribution in [3.63, 3.8) is 0 Å². The maximum absolute atomic E-state index is 11.8. The van der Waals surface area contributed by atoms with Crippen molar-refractivity contribution in [2.45, 2.75) is 27.7 Å². The fourth-order valence-electron chi connectivity index (χ4n) is 2.36. The minimum atomic E-state index is -0.582. The van der Waals surface area contributed by atoms with Gasteiger partial charge in [0.05, 0.1) is 16.8 Å². The molecule has 0 amide bonds. The zero-order valence-electron chi connectivity index (χ0n) is 16.9. The van der Waals surface area contributed by atoms with Crippen LogP contribution in [0.1, 0.15) is 26.3 Å². The van der Waals surface area contributed by atoms with Crippen LogP contribution in [0.5, 0.6) is 0 Å². The molecule has 0 aliphatic carbocycles. The van der Waals surface area contributed by atoms with Crippen LogP contribution in [0.25, 0.3) is 11.3 Å². The fourth-order valence-corrected chi connectivity index (χ4v) is 2.36. The van der Waals surface area contributed by atoms with E-state index in [-0.39, 0.29) is 5.97 Å². The number of aromatic nitrogens is 3. The van der Waals surface area contributed by atoms with Gasteiger partial charge in [0.2, 0.25) is 5.95 Å². The first kappa shape index (κ1) is 20.1. The predicted molar refractivity (Wildman–Crippen MR) is 113 cm³/mol. The molecule has 1 N–H and O–H groups in total. The molecule has 0 radical (unpaired) electrons. The lowest BCUT2D eigenvalue weighted by atomic mass is 9.98. The third kappa shape index (κ3) is 5.44. The largest absolute Gasteiger partial charge is 0.414 e. The van der Waals surface area contributed by atoms with E-state index in [9.17, 15) is 4.79 Å². The highest BCUT2D eigenvalue weighted by molar-refractivity contribution is 5.83. The first-order valence-electron chi connectivity index (χ1n) is 9.18. The molecule has 0 atom stereocenters. The quantitative estimate of drug-likeness (QED) is 0.381. The Hall–Kier alpha value is -3.61. The highest BCUT2D eigenvalue weighted by atomic mass is 16.5. The molecule has 0 saturated carbocycles. The van der Waals surface area contributed by atoms with Crippen LogP contribution >= 0.6 is 0 Å². The van der Waals surface area contributed by atoms with Gasteiger partial charge in [-0.15, -0.1) is 0 Å². The summed E-state index contributed by atoms with van der Waals surface area (Å²) in [5.41, 5.74) is 3.50. The van der Waals surface area contributed by atoms with Gasteiger partial charge in [0.1, 0.15) is 0 Å². The number of aryl methyl sites for hydroxylation is 1. The number of esters is 1. The molecule has 0 spiro atoms. The Morgan fingerprint density at radius 1 is 1.17 bits per heavy atom. The fraction of sp³-hybridized carbons (Fsp3) is 0.227. The summed E-state index contributed by atoms with van der Waals surface area (Å²) in [6.45, 7) is 7.30. The molecular formula is C22H23N5O2. The van der Waals surface area contributed by atoms with Crippen molar-refractivity contribution in [1.82, 2.24) is 15.0 Å². The topological polar surface area (TPSA) is 89.4 Å². The number of carbonyl (C=O) groups is 1. The summed E-state index contributed by atoms with van der Waals surface area (Å²) in [4.78, 5) is 29.0. The number of benzene rings is 1. The molecule has 2 heterocycles. The molecule has 0 unspecified atom stereocenters. The van der Waals surface area contributed by atoms with Gasteiger partial charge in [-0.2, -0.15) is 0 Å². The standard InChI is InChI=1S/C22H23N5O2/c1-15-7-8-17(12-19(15)25-14-29-20(28)22(2,3)4)26-21-24-11-9-18(27-21)16-6-5-10-23-13-16/h5-14H,1-4H3,(H,24,26,27). The van der Waals surface area contributed by atoms with Crippen molar-refractivity contribution in [2.75, 3.05) is 5.32 Å². The molecule has 0 aliphatic rings. The Bertz CT molecular complexity index is 1030. The van der Waals surface area contributed by atoms with Crippen LogP contribution in [-0.4, -0.2) is 27.3 Å². The molecule has 29 heavy (non-hydrogen) atoms. The summed E-state index contributed by atoms with van der Waals surface area (Å²) in [6, 6.07) is 11.3. The zero-order valence-corrected chi connectivity index (χ0v) is 16.9. The van der Waals surface area contributed by atoms with Gasteiger partial charge >= 0.3 is 5.97 Å². The molecule has 7 heteroatoms. The SMILES string of the molecule is Cc1ccc(Nc2nccc(-c3cccnc3)n2)cc1N=COC(=O)C(C)(C)C. The minimum absolute atomic E-state index is 0.339. The predicted octanol–water partition coefficient (Wildman–Crippen LogP) is 4.84. The molecule has 0 saturated heterocycles. The van der Waals surface area contributed by atoms with Gasteiger partial charge in [0, 0.05) is 29.8 Å². The normalized spacial score (nSPS) is 11.4. The van der Waals surface area contributed by atoms with Crippen LogP contribution in [0, 0.1) is 12.3 Å². The average Bonchev–Trinajstić information content (AvgIpc) is 2.70. The van der Waals surface area contributed by atoms with E-state index in [4.69, 9.17) is 4.74 Å². The number of nitrogens with zero attached hydrogens (tertiary/aromatic N) is 4. The van der Waals surface area contributed by atoms with E-state index < -0.39 is 5.41 Å². The molecule has 148 valence electrons. The number of pyridine rings is 1. The molecule has 0 aliphatic heterocycles. The van der Waals surface area contributed by atoms with Crippen molar-refractivity contribution >= 4 is 29.7 Å². The summed E-state index contributed by atoms with van der Waals surface area (Å²) in [5, 5.41) is 3.18. The number of nitrogens with one attached hydrogen (secondary N) is 1. The van der Waals surface area contributed by atoms with Crippen LogP contribution in [0.3, 0.4) is 0 Å². The van der Waals surface area contributed by atoms with Crippen molar-refractivity contribution < 1.29 is 9.53 Å². The summed E-state index contributed by atoms with van der Waals surface area (Å²) in [5.74, 6) is 0.123. The van der Waals surface area contributed by atoms with Crippen LogP contribution in [0.2, 0.25) is 0 Å². The van der Waals surface area contributed by atoms with E-state index >= 15 is 0 Å². The smallest absolute Gasteiger partial charge is 0.317 e. The summed E-state index contributed by atoms with van der Waals surface area (Å²) in [6.07, 6.45) is 6.34. The van der Waals surface area contributed by atoms with E-state index in [0.29, 0.717) is 11.6 Å². The Kier molecular flexibility index (Phi) is 5.97. The number of aliphatic imine (C=N–C) groups is 1. The molecule has 1 aromatic carbocycles. The molecule has 7 nitrogen and oxygen atoms in total. The lowest BCUT2D eigenvalue weighted by Crippen LogP contribution is -2.22. The second-order valence-corrected chi connectivity index (χ2v) is 7.52. The van der Waals surface area contributed by atoms with Crippen LogP contribution in [0.15, 0.2) is 60.0 Å². The third-order valence-corrected chi connectivity index (χ3v) is 4.04. The van der Waals surface area contributed by atoms with Gasteiger partial charge in [0.25, 0.3) is 0 Å². The second kappa shape index (κ2) is 8.60. The Morgan fingerprint density at radius 3 is 2.72 bits per heavy atom. The van der Waals surface area contributed by atoms with Crippen LogP contribution in [-0.2, 0) is 9.53 Å². The van der Waals surface area contributed by atoms with Crippen molar-refractivity contribution in [3.05, 3.63) is 60.6 Å². The average molecular weight is 389 g/mol. The van der Waals surface area contributed by atoms with Crippen LogP contribution < -0.4 is 5.32 Å². The maximum atomic E-state index is 11.8. The van der Waals surface area contributed by atoms with E-state index in [1.807, 2.05) is 43.3 Å². The zero-order chi connectivity index (χ0) is 20.9. The summed E-state index contributed by atoms with van der Waals surface area (Å²) < 4.78 is 5.11. The third-order valence-electron chi connectivity index (χ3n) is 4.04. The van der Waals surface area contributed by atoms with E-state index in [2.05, 4.69) is 25.3 Å². The van der Waals surface area contributed by atoms with Gasteiger partial charge < -0.3 is 10.1 Å². The summed E-state index contributed by atoms with van der Waals surface area (Å²) in [7, 11) is 0. The van der Waals surface area contributed by atoms with Gasteiger partial charge in [-0.1, -0.05) is 6.07 Å². The lowest BCUT2D eigenvalue weighted by molar-refractivity contribution is -0.143. The minimum Gasteiger partial charge on any atom is -0.414 e. The second-order valence-electron chi connectivity index (χ2n) is 7.52. The van der Waals surface area contributed by atoms with Gasteiger partial charge in [0.15, 0.2) is 6.40 Å². The number of rotatable bonds is 5. The number of ether oxygens (including phenoxy) is 1. The van der Waals surface area contributed by atoms with E-state index in [1.54, 1.807) is 39.4 Å². The Balaban J connectivity index is 1.76. The molecular weight excluding hydrogens is 366 g/mol. The monoisotopic (exact) mass is 389 g/mol. The number of anilines is 2. The highest BCUT2D eigenvalue weighted by Gasteiger charge is 2.22. The maximum Gasteiger partial charge on any atom is 0.317 e. The first-order valence-corrected chi connectivity index (χ1v) is 9.18. The molecule has 3 rings (SSSR count).